The van der Waals surface area contributed by atoms with Gasteiger partial charge in [-0.2, -0.15) is 0 Å². The Morgan fingerprint density at radius 2 is 1.63 bits per heavy atom. The van der Waals surface area contributed by atoms with Gasteiger partial charge in [-0.15, -0.1) is 24.8 Å². The van der Waals surface area contributed by atoms with Gasteiger partial charge in [-0.05, 0) is 32.0 Å². The summed E-state index contributed by atoms with van der Waals surface area (Å²) in [6, 6.07) is 1.85. The van der Waals surface area contributed by atoms with Crippen LogP contribution >= 0.6 is 24.8 Å². The first-order valence-corrected chi connectivity index (χ1v) is 6.34. The van der Waals surface area contributed by atoms with Crippen molar-refractivity contribution in [2.24, 2.45) is 5.73 Å². The van der Waals surface area contributed by atoms with E-state index in [4.69, 9.17) is 5.73 Å². The van der Waals surface area contributed by atoms with Crippen LogP contribution in [0.25, 0.3) is 0 Å². The van der Waals surface area contributed by atoms with Crippen LogP contribution in [0.2, 0.25) is 0 Å². The normalized spacial score (nSPS) is 15.5. The molecule has 1 aromatic rings. The highest BCUT2D eigenvalue weighted by Crippen LogP contribution is 2.09. The zero-order chi connectivity index (χ0) is 11.9. The molecule has 0 radical (unpaired) electrons. The largest absolute Gasteiger partial charge is 0.338 e. The van der Waals surface area contributed by atoms with E-state index in [1.54, 1.807) is 12.4 Å². The molecule has 110 valence electrons. The molecule has 19 heavy (non-hydrogen) atoms. The quantitative estimate of drug-likeness (QED) is 0.828. The summed E-state index contributed by atoms with van der Waals surface area (Å²) in [5, 5.41) is 0. The molecule has 0 atom stereocenters. The van der Waals surface area contributed by atoms with Gasteiger partial charge in [0.05, 0.1) is 0 Å². The van der Waals surface area contributed by atoms with E-state index in [-0.39, 0.29) is 24.8 Å². The lowest BCUT2D eigenvalue weighted by atomic mass is 10.2. The molecule has 0 aromatic carbocycles. The second-order valence-corrected chi connectivity index (χ2v) is 4.37. The topological polar surface area (TPSA) is 58.3 Å². The number of anilines is 1. The number of hydrogen-bond donors (Lipinski definition) is 1. The molecule has 7 heteroatoms. The molecule has 1 fully saturated rings. The van der Waals surface area contributed by atoms with Crippen molar-refractivity contribution in [2.45, 2.75) is 12.8 Å². The van der Waals surface area contributed by atoms with E-state index in [0.29, 0.717) is 0 Å². The summed E-state index contributed by atoms with van der Waals surface area (Å²) in [6.07, 6.45) is 5.94. The number of piperazine rings is 1. The number of nitrogens with two attached hydrogens (primary N) is 1. The summed E-state index contributed by atoms with van der Waals surface area (Å²) < 4.78 is 0. The molecule has 1 aliphatic rings. The molecule has 2 rings (SSSR count). The molecular weight excluding hydrogens is 285 g/mol. The molecule has 0 unspecified atom stereocenters. The predicted molar refractivity (Wildman–Crippen MR) is 83.5 cm³/mol. The highest BCUT2D eigenvalue weighted by atomic mass is 35.5. The Kier molecular flexibility index (Phi) is 9.87. The molecule has 0 bridgehead atoms. The van der Waals surface area contributed by atoms with Gasteiger partial charge in [0.15, 0.2) is 0 Å². The highest BCUT2D eigenvalue weighted by Gasteiger charge is 2.17. The average Bonchev–Trinajstić information content (AvgIpc) is 2.41. The second kappa shape index (κ2) is 10.2. The summed E-state index contributed by atoms with van der Waals surface area (Å²) in [5.41, 5.74) is 5.50. The van der Waals surface area contributed by atoms with Crippen molar-refractivity contribution in [3.8, 4) is 0 Å². The van der Waals surface area contributed by atoms with Gasteiger partial charge in [0.1, 0.15) is 0 Å². The van der Waals surface area contributed by atoms with Crippen LogP contribution in [0, 0.1) is 0 Å². The van der Waals surface area contributed by atoms with Crippen LogP contribution < -0.4 is 10.6 Å². The Labute approximate surface area is 127 Å². The van der Waals surface area contributed by atoms with E-state index in [1.807, 2.05) is 6.07 Å². The van der Waals surface area contributed by atoms with Gasteiger partial charge in [-0.1, -0.05) is 0 Å². The number of aromatic nitrogens is 2. The summed E-state index contributed by atoms with van der Waals surface area (Å²) >= 11 is 0. The fourth-order valence-electron chi connectivity index (χ4n) is 2.11. The molecule has 0 spiro atoms. The minimum absolute atomic E-state index is 0. The molecule has 2 N–H and O–H groups in total. The van der Waals surface area contributed by atoms with Crippen molar-refractivity contribution in [2.75, 3.05) is 44.2 Å². The maximum Gasteiger partial charge on any atom is 0.225 e. The molecule has 0 aliphatic carbocycles. The Morgan fingerprint density at radius 1 is 1.00 bits per heavy atom. The third-order valence-corrected chi connectivity index (χ3v) is 3.14. The zero-order valence-corrected chi connectivity index (χ0v) is 12.7. The van der Waals surface area contributed by atoms with E-state index in [0.717, 1.165) is 45.1 Å². The number of rotatable bonds is 5. The summed E-state index contributed by atoms with van der Waals surface area (Å²) in [5.74, 6) is 0.856. The van der Waals surface area contributed by atoms with E-state index in [9.17, 15) is 0 Å². The number of unbranched alkanes of at least 4 members (excludes halogenated alkanes) is 1. The fraction of sp³-hybridized carbons (Fsp3) is 0.667. The Bertz CT molecular complexity index is 317. The van der Waals surface area contributed by atoms with Crippen LogP contribution in [0.3, 0.4) is 0 Å². The first kappa shape index (κ1) is 18.4. The minimum Gasteiger partial charge on any atom is -0.338 e. The molecule has 0 amide bonds. The molecule has 1 aromatic heterocycles. The smallest absolute Gasteiger partial charge is 0.225 e. The molecule has 1 saturated heterocycles. The number of hydrogen-bond acceptors (Lipinski definition) is 5. The summed E-state index contributed by atoms with van der Waals surface area (Å²) in [6.45, 7) is 6.21. The first-order valence-electron chi connectivity index (χ1n) is 6.34. The zero-order valence-electron chi connectivity index (χ0n) is 11.1. The minimum atomic E-state index is 0. The fourth-order valence-corrected chi connectivity index (χ4v) is 2.11. The summed E-state index contributed by atoms with van der Waals surface area (Å²) in [7, 11) is 0. The maximum absolute atomic E-state index is 5.50. The van der Waals surface area contributed by atoms with Crippen molar-refractivity contribution < 1.29 is 0 Å². The van der Waals surface area contributed by atoms with E-state index >= 15 is 0 Å². The van der Waals surface area contributed by atoms with Gasteiger partial charge in [0, 0.05) is 38.6 Å². The Morgan fingerprint density at radius 3 is 2.21 bits per heavy atom. The van der Waals surface area contributed by atoms with Gasteiger partial charge in [0.25, 0.3) is 0 Å². The SMILES string of the molecule is Cl.Cl.NCCCCN1CCN(c2ncccn2)CC1. The predicted octanol–water partition coefficient (Wildman–Crippen LogP) is 1.18. The van der Waals surface area contributed by atoms with Crippen molar-refractivity contribution in [1.82, 2.24) is 14.9 Å². The molecule has 2 heterocycles. The number of halogens is 2. The second-order valence-electron chi connectivity index (χ2n) is 4.37. The first-order chi connectivity index (χ1) is 8.40. The molecular formula is C12H23Cl2N5. The van der Waals surface area contributed by atoms with Crippen LogP contribution in [0.1, 0.15) is 12.8 Å². The van der Waals surface area contributed by atoms with Crippen LogP contribution in [0.4, 0.5) is 5.95 Å². The molecule has 5 nitrogen and oxygen atoms in total. The van der Waals surface area contributed by atoms with Crippen LogP contribution in [-0.2, 0) is 0 Å². The van der Waals surface area contributed by atoms with Gasteiger partial charge in [-0.25, -0.2) is 9.97 Å². The molecule has 0 saturated carbocycles. The van der Waals surface area contributed by atoms with Crippen LogP contribution in [0.15, 0.2) is 18.5 Å². The molecule has 1 aliphatic heterocycles. The monoisotopic (exact) mass is 307 g/mol. The van der Waals surface area contributed by atoms with Crippen molar-refractivity contribution >= 4 is 30.8 Å². The van der Waals surface area contributed by atoms with Crippen molar-refractivity contribution in [3.63, 3.8) is 0 Å². The third kappa shape index (κ3) is 5.91. The number of nitrogens with zero attached hydrogens (tertiary/aromatic N) is 4. The standard InChI is InChI=1S/C12H21N5.2ClH/c13-4-1-2-7-16-8-10-17(11-9-16)12-14-5-3-6-15-12;;/h3,5-6H,1-2,4,7-11,13H2;2*1H. The maximum atomic E-state index is 5.50. The highest BCUT2D eigenvalue weighted by molar-refractivity contribution is 5.85. The van der Waals surface area contributed by atoms with Crippen molar-refractivity contribution in [1.29, 1.82) is 0 Å². The Hall–Kier alpha value is -0.620. The van der Waals surface area contributed by atoms with Crippen LogP contribution in [-0.4, -0.2) is 54.1 Å². The van der Waals surface area contributed by atoms with Crippen LogP contribution in [0.5, 0.6) is 0 Å². The van der Waals surface area contributed by atoms with E-state index < -0.39 is 0 Å². The Balaban J connectivity index is 0.00000162. The van der Waals surface area contributed by atoms with Gasteiger partial charge >= 0.3 is 0 Å². The lowest BCUT2D eigenvalue weighted by Gasteiger charge is -2.34. The third-order valence-electron chi connectivity index (χ3n) is 3.14. The lowest BCUT2D eigenvalue weighted by molar-refractivity contribution is 0.252. The lowest BCUT2D eigenvalue weighted by Crippen LogP contribution is -2.47. The average molecular weight is 308 g/mol. The van der Waals surface area contributed by atoms with Gasteiger partial charge < -0.3 is 10.6 Å². The summed E-state index contributed by atoms with van der Waals surface area (Å²) in [4.78, 5) is 13.3. The van der Waals surface area contributed by atoms with E-state index in [2.05, 4.69) is 19.8 Å². The van der Waals surface area contributed by atoms with Gasteiger partial charge in [0.2, 0.25) is 5.95 Å². The van der Waals surface area contributed by atoms with Gasteiger partial charge in [-0.3, -0.25) is 4.90 Å². The van der Waals surface area contributed by atoms with E-state index in [1.165, 1.54) is 13.0 Å². The van der Waals surface area contributed by atoms with Crippen molar-refractivity contribution in [3.05, 3.63) is 18.5 Å².